The van der Waals surface area contributed by atoms with Gasteiger partial charge in [-0.05, 0) is 60.3 Å². The van der Waals surface area contributed by atoms with Crippen molar-refractivity contribution in [2.24, 2.45) is 0 Å². The Bertz CT molecular complexity index is 1190. The summed E-state index contributed by atoms with van der Waals surface area (Å²) in [6.45, 7) is 3.66. The number of nitrogens with zero attached hydrogens (tertiary/aromatic N) is 4. The molecule has 0 radical (unpaired) electrons. The fraction of sp³-hybridized carbons (Fsp3) is 0.381. The van der Waals surface area contributed by atoms with E-state index in [0.717, 1.165) is 12.8 Å². The number of halogens is 5. The maximum Gasteiger partial charge on any atom is 0.283 e. The first kappa shape index (κ1) is 22.8. The summed E-state index contributed by atoms with van der Waals surface area (Å²) in [6, 6.07) is 4.14. The van der Waals surface area contributed by atoms with E-state index in [4.69, 9.17) is 11.6 Å². The van der Waals surface area contributed by atoms with E-state index in [9.17, 15) is 18.0 Å². The van der Waals surface area contributed by atoms with Crippen molar-refractivity contribution in [3.8, 4) is 0 Å². The molecule has 0 bridgehead atoms. The van der Waals surface area contributed by atoms with Crippen LogP contribution in [0, 0.1) is 19.7 Å². The largest absolute Gasteiger partial charge is 0.321 e. The Kier molecular flexibility index (Phi) is 6.35. The molecule has 32 heavy (non-hydrogen) atoms. The van der Waals surface area contributed by atoms with E-state index in [-0.39, 0.29) is 27.7 Å². The third-order valence-electron chi connectivity index (χ3n) is 5.40. The fourth-order valence-corrected chi connectivity index (χ4v) is 4.64. The number of carbonyl (C=O) groups is 1. The van der Waals surface area contributed by atoms with Crippen LogP contribution in [0.3, 0.4) is 0 Å². The molecule has 2 heterocycles. The van der Waals surface area contributed by atoms with Crippen molar-refractivity contribution < 1.29 is 18.0 Å². The van der Waals surface area contributed by atoms with Crippen LogP contribution in [0.15, 0.2) is 22.7 Å². The number of rotatable bonds is 7. The lowest BCUT2D eigenvalue weighted by atomic mass is 10.2. The summed E-state index contributed by atoms with van der Waals surface area (Å²) < 4.78 is 43.2. The van der Waals surface area contributed by atoms with Crippen LogP contribution in [0.1, 0.15) is 53.5 Å². The number of nitrogens with one attached hydrogen (secondary N) is 1. The molecule has 1 fully saturated rings. The topological polar surface area (TPSA) is 64.7 Å². The maximum absolute atomic E-state index is 13.3. The molecule has 1 saturated carbocycles. The Morgan fingerprint density at radius 3 is 2.62 bits per heavy atom. The van der Waals surface area contributed by atoms with Gasteiger partial charge in [0.05, 0.1) is 33.8 Å². The van der Waals surface area contributed by atoms with Gasteiger partial charge in [0.25, 0.3) is 6.43 Å². The summed E-state index contributed by atoms with van der Waals surface area (Å²) in [5.41, 5.74) is 2.77. The molecule has 2 aromatic heterocycles. The van der Waals surface area contributed by atoms with Gasteiger partial charge in [-0.3, -0.25) is 14.2 Å². The lowest BCUT2D eigenvalue weighted by Gasteiger charge is -2.10. The minimum Gasteiger partial charge on any atom is -0.321 e. The van der Waals surface area contributed by atoms with Gasteiger partial charge in [0.1, 0.15) is 18.1 Å². The normalized spacial score (nSPS) is 13.8. The molecule has 1 aliphatic carbocycles. The molecule has 4 rings (SSSR count). The van der Waals surface area contributed by atoms with Gasteiger partial charge in [-0.2, -0.15) is 10.2 Å². The predicted octanol–water partition coefficient (Wildman–Crippen LogP) is 5.75. The number of benzene rings is 1. The summed E-state index contributed by atoms with van der Waals surface area (Å²) >= 11 is 9.34. The maximum atomic E-state index is 13.3. The van der Waals surface area contributed by atoms with Gasteiger partial charge in [0, 0.05) is 10.9 Å². The first-order chi connectivity index (χ1) is 15.2. The number of aromatic nitrogens is 4. The number of anilines is 1. The summed E-state index contributed by atoms with van der Waals surface area (Å²) in [6.07, 6.45) is -0.968. The quantitative estimate of drug-likeness (QED) is 0.423. The van der Waals surface area contributed by atoms with E-state index < -0.39 is 18.1 Å². The molecular weight excluding hydrogens is 511 g/mol. The molecule has 3 aromatic rings. The summed E-state index contributed by atoms with van der Waals surface area (Å²) in [5.74, 6) is -0.692. The van der Waals surface area contributed by atoms with Crippen LogP contribution >= 0.6 is 27.5 Å². The van der Waals surface area contributed by atoms with Crippen molar-refractivity contribution >= 4 is 39.1 Å². The zero-order chi connectivity index (χ0) is 23.2. The molecule has 11 heteroatoms. The Balaban J connectivity index is 1.53. The summed E-state index contributed by atoms with van der Waals surface area (Å²) in [5, 5.41) is 11.5. The van der Waals surface area contributed by atoms with Gasteiger partial charge in [0.15, 0.2) is 0 Å². The number of hydrogen-bond donors (Lipinski definition) is 1. The molecule has 170 valence electrons. The van der Waals surface area contributed by atoms with Gasteiger partial charge in [-0.15, -0.1) is 0 Å². The molecule has 0 unspecified atom stereocenters. The number of hydrogen-bond acceptors (Lipinski definition) is 3. The Labute approximate surface area is 195 Å². The second-order valence-electron chi connectivity index (χ2n) is 7.80. The molecule has 1 aromatic carbocycles. The first-order valence-corrected chi connectivity index (χ1v) is 11.1. The Morgan fingerprint density at radius 2 is 2.00 bits per heavy atom. The molecule has 6 nitrogen and oxygen atoms in total. The van der Waals surface area contributed by atoms with Crippen LogP contribution < -0.4 is 5.32 Å². The molecule has 0 aliphatic heterocycles. The predicted molar refractivity (Wildman–Crippen MR) is 118 cm³/mol. The van der Waals surface area contributed by atoms with Crippen LogP contribution in [0.5, 0.6) is 0 Å². The zero-order valence-corrected chi connectivity index (χ0v) is 19.6. The van der Waals surface area contributed by atoms with Crippen molar-refractivity contribution in [3.05, 3.63) is 61.9 Å². The third-order valence-corrected chi connectivity index (χ3v) is 6.57. The van der Waals surface area contributed by atoms with E-state index in [0.29, 0.717) is 34.9 Å². The highest BCUT2D eigenvalue weighted by Crippen LogP contribution is 2.45. The van der Waals surface area contributed by atoms with E-state index in [1.165, 1.54) is 16.8 Å². The smallest absolute Gasteiger partial charge is 0.283 e. The Hall–Kier alpha value is -2.33. The average molecular weight is 531 g/mol. The van der Waals surface area contributed by atoms with Gasteiger partial charge in [0.2, 0.25) is 5.91 Å². The van der Waals surface area contributed by atoms with Crippen LogP contribution in [0.4, 0.5) is 18.9 Å². The van der Waals surface area contributed by atoms with Crippen molar-refractivity contribution in [3.63, 3.8) is 0 Å². The molecule has 1 aliphatic rings. The summed E-state index contributed by atoms with van der Waals surface area (Å²) in [7, 11) is 0. The van der Waals surface area contributed by atoms with Crippen molar-refractivity contribution in [2.75, 3.05) is 5.32 Å². The highest BCUT2D eigenvalue weighted by molar-refractivity contribution is 9.10. The van der Waals surface area contributed by atoms with E-state index in [1.54, 1.807) is 24.6 Å². The van der Waals surface area contributed by atoms with Gasteiger partial charge in [-0.25, -0.2) is 13.2 Å². The van der Waals surface area contributed by atoms with Crippen LogP contribution in [-0.2, 0) is 17.9 Å². The van der Waals surface area contributed by atoms with Gasteiger partial charge >= 0.3 is 0 Å². The third kappa shape index (κ3) is 4.56. The number of aryl methyl sites for hydroxylation is 1. The van der Waals surface area contributed by atoms with Crippen LogP contribution in [0.25, 0.3) is 0 Å². The second-order valence-corrected chi connectivity index (χ2v) is 9.00. The lowest BCUT2D eigenvalue weighted by Crippen LogP contribution is -2.21. The van der Waals surface area contributed by atoms with Gasteiger partial charge < -0.3 is 5.32 Å². The second kappa shape index (κ2) is 8.90. The molecule has 1 amide bonds. The number of alkyl halides is 2. The highest BCUT2D eigenvalue weighted by atomic mass is 79.9. The van der Waals surface area contributed by atoms with E-state index in [1.807, 2.05) is 0 Å². The zero-order valence-electron chi connectivity index (χ0n) is 17.3. The monoisotopic (exact) mass is 529 g/mol. The molecular formula is C21H20BrClF3N5O. The fourth-order valence-electron chi connectivity index (χ4n) is 3.64. The van der Waals surface area contributed by atoms with E-state index >= 15 is 0 Å². The summed E-state index contributed by atoms with van der Waals surface area (Å²) in [4.78, 5) is 12.8. The van der Waals surface area contributed by atoms with Crippen LogP contribution in [-0.4, -0.2) is 25.5 Å². The van der Waals surface area contributed by atoms with Crippen molar-refractivity contribution in [1.29, 1.82) is 0 Å². The molecule has 1 N–H and O–H groups in total. The first-order valence-electron chi connectivity index (χ1n) is 9.97. The average Bonchev–Trinajstić information content (AvgIpc) is 3.45. The standard InChI is InChI=1S/C21H20BrClF3N5O/c1-10-18(11(2)30(28-10)8-13-5-6-14(24)7-15(13)23)27-16(32)9-31-20(12-3-4-12)17(22)19(29-31)21(25)26/h5-7,12,21H,3-4,8-9H2,1-2H3,(H,27,32). The number of carbonyl (C=O) groups excluding carboxylic acids is 1. The minimum atomic E-state index is -2.73. The lowest BCUT2D eigenvalue weighted by molar-refractivity contribution is -0.117. The van der Waals surface area contributed by atoms with Gasteiger partial charge in [-0.1, -0.05) is 17.7 Å². The molecule has 0 spiro atoms. The van der Waals surface area contributed by atoms with Crippen molar-refractivity contribution in [1.82, 2.24) is 19.6 Å². The Morgan fingerprint density at radius 1 is 1.28 bits per heavy atom. The molecule has 0 saturated heterocycles. The van der Waals surface area contributed by atoms with Crippen LogP contribution in [0.2, 0.25) is 5.02 Å². The van der Waals surface area contributed by atoms with Crippen molar-refractivity contribution in [2.45, 2.75) is 52.1 Å². The van der Waals surface area contributed by atoms with E-state index in [2.05, 4.69) is 31.4 Å². The minimum absolute atomic E-state index is 0.129. The number of amides is 1. The molecule has 0 atom stereocenters. The SMILES string of the molecule is Cc1nn(Cc2ccc(F)cc2Cl)c(C)c1NC(=O)Cn1nc(C(F)F)c(Br)c1C1CC1. The highest BCUT2D eigenvalue weighted by Gasteiger charge is 2.34.